The molecule has 1 amide bonds. The number of hydrogen-bond donors (Lipinski definition) is 3. The first-order valence-electron chi connectivity index (χ1n) is 9.33. The molecule has 7 nitrogen and oxygen atoms in total. The number of amides is 1. The maximum absolute atomic E-state index is 12.9. The van der Waals surface area contributed by atoms with Crippen molar-refractivity contribution >= 4 is 11.5 Å². The van der Waals surface area contributed by atoms with Crippen LogP contribution in [0.2, 0.25) is 0 Å². The molecule has 1 unspecified atom stereocenters. The maximum atomic E-state index is 12.9. The number of rotatable bonds is 6. The summed E-state index contributed by atoms with van der Waals surface area (Å²) in [6.45, 7) is 1.13. The first-order chi connectivity index (χ1) is 14.0. The van der Waals surface area contributed by atoms with Crippen LogP contribution in [0.4, 0.5) is 0 Å². The van der Waals surface area contributed by atoms with Gasteiger partial charge in [0.25, 0.3) is 5.91 Å². The zero-order valence-electron chi connectivity index (χ0n) is 15.6. The number of nitrogens with zero attached hydrogens (tertiary/aromatic N) is 3. The van der Waals surface area contributed by atoms with Crippen LogP contribution in [0.1, 0.15) is 23.6 Å². The van der Waals surface area contributed by atoms with E-state index in [0.717, 1.165) is 5.56 Å². The van der Waals surface area contributed by atoms with E-state index in [2.05, 4.69) is 4.98 Å². The number of benzene rings is 2. The summed E-state index contributed by atoms with van der Waals surface area (Å²) in [5.41, 5.74) is 1.93. The molecule has 29 heavy (non-hydrogen) atoms. The van der Waals surface area contributed by atoms with Crippen molar-refractivity contribution in [3.63, 3.8) is 0 Å². The van der Waals surface area contributed by atoms with E-state index in [1.807, 2.05) is 10.8 Å². The highest BCUT2D eigenvalue weighted by Crippen LogP contribution is 2.43. The molecule has 1 aliphatic heterocycles. The smallest absolute Gasteiger partial charge is 0.289 e. The molecule has 1 aliphatic rings. The van der Waals surface area contributed by atoms with Crippen LogP contribution in [0.15, 0.2) is 73.0 Å². The molecule has 2 aromatic carbocycles. The van der Waals surface area contributed by atoms with E-state index < -0.39 is 11.9 Å². The lowest BCUT2D eigenvalue weighted by molar-refractivity contribution is -0.129. The fraction of sp³-hybridized carbons (Fsp3) is 0.182. The number of hydrogen-bond acceptors (Lipinski definition) is 5. The third-order valence-electron chi connectivity index (χ3n) is 5.07. The van der Waals surface area contributed by atoms with Gasteiger partial charge in [-0.05, 0) is 41.8 Å². The number of phenols is 2. The van der Waals surface area contributed by atoms with E-state index >= 15 is 0 Å². The van der Waals surface area contributed by atoms with Crippen molar-refractivity contribution in [3.8, 4) is 11.5 Å². The molecule has 0 saturated carbocycles. The second kappa shape index (κ2) is 7.71. The van der Waals surface area contributed by atoms with Gasteiger partial charge in [0.1, 0.15) is 11.5 Å². The summed E-state index contributed by atoms with van der Waals surface area (Å²) < 4.78 is 1.93. The van der Waals surface area contributed by atoms with Crippen molar-refractivity contribution in [1.82, 2.24) is 14.5 Å². The van der Waals surface area contributed by atoms with Crippen LogP contribution >= 0.6 is 0 Å². The fourth-order valence-electron chi connectivity index (χ4n) is 3.67. The average molecular weight is 391 g/mol. The van der Waals surface area contributed by atoms with Crippen LogP contribution in [0, 0.1) is 0 Å². The van der Waals surface area contributed by atoms with E-state index in [0.29, 0.717) is 30.6 Å². The van der Waals surface area contributed by atoms with Crippen LogP contribution in [0.25, 0.3) is 5.57 Å². The normalized spacial score (nSPS) is 16.6. The minimum absolute atomic E-state index is 0.108. The Bertz CT molecular complexity index is 1020. The summed E-state index contributed by atoms with van der Waals surface area (Å²) in [7, 11) is 0. The lowest BCUT2D eigenvalue weighted by Crippen LogP contribution is -2.31. The number of phenolic OH excluding ortho intramolecular Hbond substituents is 2. The Morgan fingerprint density at radius 3 is 2.17 bits per heavy atom. The second-order valence-corrected chi connectivity index (χ2v) is 6.96. The van der Waals surface area contributed by atoms with Gasteiger partial charge in [-0.15, -0.1) is 0 Å². The maximum Gasteiger partial charge on any atom is 0.289 e. The first-order valence-corrected chi connectivity index (χ1v) is 9.33. The molecule has 2 heterocycles. The third-order valence-corrected chi connectivity index (χ3v) is 5.07. The van der Waals surface area contributed by atoms with Crippen molar-refractivity contribution < 1.29 is 20.1 Å². The van der Waals surface area contributed by atoms with Crippen molar-refractivity contribution in [2.24, 2.45) is 0 Å². The number of aliphatic hydroxyl groups excluding tert-OH is 1. The highest BCUT2D eigenvalue weighted by atomic mass is 16.3. The minimum Gasteiger partial charge on any atom is -0.508 e. The Labute approximate surface area is 167 Å². The fourth-order valence-corrected chi connectivity index (χ4v) is 3.67. The lowest BCUT2D eigenvalue weighted by Gasteiger charge is -2.27. The van der Waals surface area contributed by atoms with Crippen molar-refractivity contribution in [1.29, 1.82) is 0 Å². The zero-order valence-corrected chi connectivity index (χ0v) is 15.6. The number of imidazole rings is 1. The Morgan fingerprint density at radius 1 is 0.897 bits per heavy atom. The van der Waals surface area contributed by atoms with Crippen LogP contribution in [-0.2, 0) is 11.3 Å². The molecular weight excluding hydrogens is 370 g/mol. The van der Waals surface area contributed by atoms with E-state index in [1.54, 1.807) is 53.8 Å². The van der Waals surface area contributed by atoms with Crippen molar-refractivity contribution in [2.75, 3.05) is 6.54 Å². The average Bonchev–Trinajstić information content (AvgIpc) is 3.32. The van der Waals surface area contributed by atoms with Gasteiger partial charge in [-0.25, -0.2) is 4.98 Å². The van der Waals surface area contributed by atoms with Gasteiger partial charge >= 0.3 is 0 Å². The molecule has 148 valence electrons. The van der Waals surface area contributed by atoms with Crippen molar-refractivity contribution in [3.05, 3.63) is 84.1 Å². The number of aromatic hydroxyl groups is 2. The lowest BCUT2D eigenvalue weighted by atomic mass is 9.93. The number of aromatic nitrogens is 2. The summed E-state index contributed by atoms with van der Waals surface area (Å²) in [4.78, 5) is 18.6. The van der Waals surface area contributed by atoms with Gasteiger partial charge in [0, 0.05) is 31.1 Å². The Kier molecular flexibility index (Phi) is 4.95. The second-order valence-electron chi connectivity index (χ2n) is 6.96. The first kappa shape index (κ1) is 18.6. The van der Waals surface area contributed by atoms with Gasteiger partial charge in [0.05, 0.1) is 12.4 Å². The third kappa shape index (κ3) is 3.67. The van der Waals surface area contributed by atoms with Crippen LogP contribution in [-0.4, -0.2) is 42.2 Å². The van der Waals surface area contributed by atoms with Crippen LogP contribution in [0.5, 0.6) is 11.5 Å². The summed E-state index contributed by atoms with van der Waals surface area (Å²) in [6, 6.07) is 12.5. The molecule has 7 heteroatoms. The molecule has 0 saturated heterocycles. The monoisotopic (exact) mass is 391 g/mol. The highest BCUT2D eigenvalue weighted by Gasteiger charge is 2.40. The molecule has 0 fully saturated rings. The Morgan fingerprint density at radius 2 is 1.55 bits per heavy atom. The summed E-state index contributed by atoms with van der Waals surface area (Å²) in [5, 5.41) is 29.9. The predicted octanol–water partition coefficient (Wildman–Crippen LogP) is 3.24. The van der Waals surface area contributed by atoms with E-state index in [9.17, 15) is 20.1 Å². The van der Waals surface area contributed by atoms with Gasteiger partial charge < -0.3 is 24.8 Å². The zero-order chi connectivity index (χ0) is 20.4. The molecule has 3 N–H and O–H groups in total. The standard InChI is InChI=1S/C22H21N3O4/c26-17-6-2-15(3-7-17)19-20(16-4-8-18(27)9-5-16)25(22(29)21(19)28)12-1-11-24-13-10-23-14-24/h2-10,13-14,20,26-28H,1,11-12H2. The molecule has 0 radical (unpaired) electrons. The van der Waals surface area contributed by atoms with Gasteiger partial charge in [-0.1, -0.05) is 24.3 Å². The molecule has 0 bridgehead atoms. The van der Waals surface area contributed by atoms with Gasteiger partial charge in [-0.3, -0.25) is 4.79 Å². The van der Waals surface area contributed by atoms with E-state index in [4.69, 9.17) is 0 Å². The molecule has 0 spiro atoms. The molecule has 1 atom stereocenters. The quantitative estimate of drug-likeness (QED) is 0.599. The van der Waals surface area contributed by atoms with E-state index in [1.165, 1.54) is 12.1 Å². The number of carbonyl (C=O) groups is 1. The number of carbonyl (C=O) groups excluding carboxylic acids is 1. The number of aliphatic hydroxyl groups is 1. The summed E-state index contributed by atoms with van der Waals surface area (Å²) >= 11 is 0. The Hall–Kier alpha value is -3.74. The largest absolute Gasteiger partial charge is 0.508 e. The van der Waals surface area contributed by atoms with Gasteiger partial charge in [-0.2, -0.15) is 0 Å². The highest BCUT2D eigenvalue weighted by molar-refractivity contribution is 6.05. The van der Waals surface area contributed by atoms with Crippen molar-refractivity contribution in [2.45, 2.75) is 19.0 Å². The summed E-state index contributed by atoms with van der Waals surface area (Å²) in [6.07, 6.45) is 5.98. The summed E-state index contributed by atoms with van der Waals surface area (Å²) in [5.74, 6) is -0.492. The number of aryl methyl sites for hydroxylation is 1. The molecular formula is C22H21N3O4. The predicted molar refractivity (Wildman–Crippen MR) is 107 cm³/mol. The topological polar surface area (TPSA) is 98.8 Å². The minimum atomic E-state index is -0.490. The van der Waals surface area contributed by atoms with Gasteiger partial charge in [0.2, 0.25) is 0 Å². The van der Waals surface area contributed by atoms with E-state index in [-0.39, 0.29) is 17.3 Å². The Balaban J connectivity index is 1.67. The van der Waals surface area contributed by atoms with Crippen LogP contribution < -0.4 is 0 Å². The molecule has 1 aromatic heterocycles. The van der Waals surface area contributed by atoms with Crippen LogP contribution in [0.3, 0.4) is 0 Å². The molecule has 3 aromatic rings. The SMILES string of the molecule is O=C1C(O)=C(c2ccc(O)cc2)C(c2ccc(O)cc2)N1CCCn1ccnc1. The molecule has 4 rings (SSSR count). The van der Waals surface area contributed by atoms with Gasteiger partial charge in [0.15, 0.2) is 5.76 Å². The molecule has 0 aliphatic carbocycles.